The fourth-order valence-electron chi connectivity index (χ4n) is 2.78. The smallest absolute Gasteiger partial charge is 0.111 e. The molecule has 1 N–H and O–H groups in total. The summed E-state index contributed by atoms with van der Waals surface area (Å²) in [6, 6.07) is 8.66. The molecule has 2 atom stereocenters. The van der Waals surface area contributed by atoms with Gasteiger partial charge in [0, 0.05) is 26.1 Å². The van der Waals surface area contributed by atoms with Crippen LogP contribution in [0.2, 0.25) is 0 Å². The van der Waals surface area contributed by atoms with E-state index in [1.165, 1.54) is 5.52 Å². The summed E-state index contributed by atoms with van der Waals surface area (Å²) in [5.41, 5.74) is 2.32. The first kappa shape index (κ1) is 16.0. The summed E-state index contributed by atoms with van der Waals surface area (Å²) in [5, 5.41) is 3.52. The van der Waals surface area contributed by atoms with E-state index in [9.17, 15) is 0 Å². The molecule has 0 bridgehead atoms. The van der Waals surface area contributed by atoms with Crippen LogP contribution < -0.4 is 5.32 Å². The number of nitrogens with one attached hydrogen (secondary N) is 1. The molecule has 2 aromatic rings. The molecule has 0 amide bonds. The van der Waals surface area contributed by atoms with Crippen LogP contribution in [0.3, 0.4) is 0 Å². The van der Waals surface area contributed by atoms with Crippen molar-refractivity contribution < 1.29 is 4.74 Å². The summed E-state index contributed by atoms with van der Waals surface area (Å²) in [6.07, 6.45) is 2.16. The standard InChI is InChI=1S/C17H27N3O/c1-5-11-20-16-10-8-7-9-14(16)19-17(20)12-15(18-6-2)13(3)21-4/h7-10,13,15,18H,5-6,11-12H2,1-4H3. The Labute approximate surface area is 127 Å². The van der Waals surface area contributed by atoms with Crippen LogP contribution in [-0.4, -0.2) is 35.4 Å². The maximum atomic E-state index is 5.51. The SMILES string of the molecule is CCCn1c(CC(NCC)C(C)OC)nc2ccccc21. The molecule has 4 heteroatoms. The van der Waals surface area contributed by atoms with Crippen molar-refractivity contribution in [1.29, 1.82) is 0 Å². The minimum atomic E-state index is 0.167. The van der Waals surface area contributed by atoms with Gasteiger partial charge in [-0.25, -0.2) is 4.98 Å². The first-order valence-electron chi connectivity index (χ1n) is 7.91. The van der Waals surface area contributed by atoms with Gasteiger partial charge in [-0.1, -0.05) is 26.0 Å². The van der Waals surface area contributed by atoms with Crippen molar-refractivity contribution in [3.63, 3.8) is 0 Å². The maximum absolute atomic E-state index is 5.51. The Balaban J connectivity index is 2.33. The molecule has 0 saturated heterocycles. The summed E-state index contributed by atoms with van der Waals surface area (Å²) in [5.74, 6) is 1.15. The van der Waals surface area contributed by atoms with Gasteiger partial charge < -0.3 is 14.6 Å². The Morgan fingerprint density at radius 1 is 1.29 bits per heavy atom. The number of rotatable bonds is 8. The second-order valence-corrected chi connectivity index (χ2v) is 5.48. The number of ether oxygens (including phenoxy) is 1. The minimum Gasteiger partial charge on any atom is -0.380 e. The molecule has 0 saturated carbocycles. The molecule has 21 heavy (non-hydrogen) atoms. The highest BCUT2D eigenvalue weighted by Crippen LogP contribution is 2.18. The van der Waals surface area contributed by atoms with Gasteiger partial charge in [-0.05, 0) is 32.0 Å². The Morgan fingerprint density at radius 3 is 2.71 bits per heavy atom. The Hall–Kier alpha value is -1.39. The van der Waals surface area contributed by atoms with Crippen LogP contribution in [-0.2, 0) is 17.7 Å². The van der Waals surface area contributed by atoms with E-state index in [1.54, 1.807) is 7.11 Å². The van der Waals surface area contributed by atoms with Gasteiger partial charge in [-0.2, -0.15) is 0 Å². The van der Waals surface area contributed by atoms with Gasteiger partial charge in [0.1, 0.15) is 5.82 Å². The van der Waals surface area contributed by atoms with Crippen molar-refractivity contribution in [2.75, 3.05) is 13.7 Å². The van der Waals surface area contributed by atoms with Crippen LogP contribution in [0.15, 0.2) is 24.3 Å². The van der Waals surface area contributed by atoms with Crippen LogP contribution in [0.25, 0.3) is 11.0 Å². The number of aromatic nitrogens is 2. The van der Waals surface area contributed by atoms with Gasteiger partial charge in [-0.3, -0.25) is 0 Å². The van der Waals surface area contributed by atoms with Crippen LogP contribution in [0.4, 0.5) is 0 Å². The molecule has 0 fully saturated rings. The lowest BCUT2D eigenvalue weighted by Crippen LogP contribution is -2.41. The third-order valence-electron chi connectivity index (χ3n) is 3.99. The Bertz CT molecular complexity index is 564. The average molecular weight is 289 g/mol. The van der Waals surface area contributed by atoms with Crippen LogP contribution in [0, 0.1) is 0 Å². The lowest BCUT2D eigenvalue weighted by molar-refractivity contribution is 0.0827. The van der Waals surface area contributed by atoms with Crippen molar-refractivity contribution in [2.24, 2.45) is 0 Å². The maximum Gasteiger partial charge on any atom is 0.111 e. The predicted octanol–water partition coefficient (Wildman–Crippen LogP) is 3.00. The molecular weight excluding hydrogens is 262 g/mol. The molecule has 0 aliphatic carbocycles. The number of imidazole rings is 1. The first-order chi connectivity index (χ1) is 10.2. The second-order valence-electron chi connectivity index (χ2n) is 5.48. The highest BCUT2D eigenvalue weighted by Gasteiger charge is 2.20. The lowest BCUT2D eigenvalue weighted by Gasteiger charge is -2.23. The highest BCUT2D eigenvalue weighted by atomic mass is 16.5. The summed E-state index contributed by atoms with van der Waals surface area (Å²) in [7, 11) is 1.77. The average Bonchev–Trinajstić information content (AvgIpc) is 2.84. The molecule has 0 radical (unpaired) electrons. The van der Waals surface area contributed by atoms with Crippen molar-refractivity contribution in [2.45, 2.75) is 52.3 Å². The van der Waals surface area contributed by atoms with Gasteiger partial charge in [-0.15, -0.1) is 0 Å². The third kappa shape index (κ3) is 3.63. The van der Waals surface area contributed by atoms with Gasteiger partial charge in [0.25, 0.3) is 0 Å². The number of hydrogen-bond acceptors (Lipinski definition) is 3. The molecule has 2 unspecified atom stereocenters. The fourth-order valence-corrected chi connectivity index (χ4v) is 2.78. The molecule has 2 rings (SSSR count). The number of para-hydroxylation sites is 2. The molecule has 0 aliphatic rings. The normalized spacial score (nSPS) is 14.5. The second kappa shape index (κ2) is 7.57. The summed E-state index contributed by atoms with van der Waals surface area (Å²) in [6.45, 7) is 8.39. The van der Waals surface area contributed by atoms with Crippen LogP contribution >= 0.6 is 0 Å². The van der Waals surface area contributed by atoms with E-state index >= 15 is 0 Å². The van der Waals surface area contributed by atoms with Gasteiger partial charge in [0.15, 0.2) is 0 Å². The number of fused-ring (bicyclic) bond motifs is 1. The minimum absolute atomic E-state index is 0.167. The molecular formula is C17H27N3O. The number of benzene rings is 1. The first-order valence-corrected chi connectivity index (χ1v) is 7.91. The monoisotopic (exact) mass is 289 g/mol. The van der Waals surface area contributed by atoms with Crippen molar-refractivity contribution in [3.05, 3.63) is 30.1 Å². The number of methoxy groups -OCH3 is 1. The largest absolute Gasteiger partial charge is 0.380 e. The molecule has 1 aromatic carbocycles. The quantitative estimate of drug-likeness (QED) is 0.812. The molecule has 4 nitrogen and oxygen atoms in total. The highest BCUT2D eigenvalue weighted by molar-refractivity contribution is 5.75. The zero-order chi connectivity index (χ0) is 15.2. The van der Waals surface area contributed by atoms with Gasteiger partial charge in [0.2, 0.25) is 0 Å². The van der Waals surface area contributed by atoms with Crippen molar-refractivity contribution in [1.82, 2.24) is 14.9 Å². The molecule has 1 aromatic heterocycles. The van der Waals surface area contributed by atoms with E-state index < -0.39 is 0 Å². The molecule has 1 heterocycles. The predicted molar refractivity (Wildman–Crippen MR) is 87.7 cm³/mol. The third-order valence-corrected chi connectivity index (χ3v) is 3.99. The van der Waals surface area contributed by atoms with Crippen molar-refractivity contribution >= 4 is 11.0 Å². The van der Waals surface area contributed by atoms with E-state index in [0.717, 1.165) is 37.3 Å². The number of likely N-dealkylation sites (N-methyl/N-ethyl adjacent to an activating group) is 1. The van der Waals surface area contributed by atoms with Crippen LogP contribution in [0.5, 0.6) is 0 Å². The molecule has 116 valence electrons. The number of aryl methyl sites for hydroxylation is 1. The summed E-state index contributed by atoms with van der Waals surface area (Å²) in [4.78, 5) is 4.84. The van der Waals surface area contributed by atoms with E-state index in [-0.39, 0.29) is 12.1 Å². The number of nitrogens with zero attached hydrogens (tertiary/aromatic N) is 2. The van der Waals surface area contributed by atoms with E-state index in [0.29, 0.717) is 0 Å². The molecule has 0 spiro atoms. The van der Waals surface area contributed by atoms with Gasteiger partial charge >= 0.3 is 0 Å². The zero-order valence-electron chi connectivity index (χ0n) is 13.6. The van der Waals surface area contributed by atoms with E-state index in [2.05, 4.69) is 54.9 Å². The zero-order valence-corrected chi connectivity index (χ0v) is 13.6. The van der Waals surface area contributed by atoms with Gasteiger partial charge in [0.05, 0.1) is 17.1 Å². The fraction of sp³-hybridized carbons (Fsp3) is 0.588. The summed E-state index contributed by atoms with van der Waals surface area (Å²) >= 11 is 0. The Morgan fingerprint density at radius 2 is 2.05 bits per heavy atom. The summed E-state index contributed by atoms with van der Waals surface area (Å²) < 4.78 is 7.86. The van der Waals surface area contributed by atoms with E-state index in [1.807, 2.05) is 0 Å². The van der Waals surface area contributed by atoms with Crippen LogP contribution in [0.1, 0.15) is 33.0 Å². The molecule has 0 aliphatic heterocycles. The number of hydrogen-bond donors (Lipinski definition) is 1. The topological polar surface area (TPSA) is 39.1 Å². The van der Waals surface area contributed by atoms with E-state index in [4.69, 9.17) is 9.72 Å². The van der Waals surface area contributed by atoms with Crippen molar-refractivity contribution in [3.8, 4) is 0 Å². The lowest BCUT2D eigenvalue weighted by atomic mass is 10.1. The Kier molecular flexibility index (Phi) is 5.76.